The van der Waals surface area contributed by atoms with E-state index in [2.05, 4.69) is 10.1 Å². The van der Waals surface area contributed by atoms with Gasteiger partial charge in [-0.1, -0.05) is 18.2 Å². The summed E-state index contributed by atoms with van der Waals surface area (Å²) < 4.78 is 71.7. The molecular weight excluding hydrogens is 461 g/mol. The third-order valence-corrected chi connectivity index (χ3v) is 7.22. The smallest absolute Gasteiger partial charge is 0.394 e. The molecule has 12 heteroatoms. The molecule has 1 aromatic carbocycles. The molecule has 1 amide bonds. The summed E-state index contributed by atoms with van der Waals surface area (Å²) in [6.45, 7) is -0.168. The minimum atomic E-state index is -4.26. The number of pyridine rings is 1. The van der Waals surface area contributed by atoms with Crippen LogP contribution in [0.5, 0.6) is 5.88 Å². The molecule has 0 saturated heterocycles. The van der Waals surface area contributed by atoms with E-state index in [9.17, 15) is 26.4 Å². The number of sulfone groups is 1. The number of nitrogens with two attached hydrogens (primary N) is 1. The number of rotatable bonds is 8. The number of halogens is 3. The zero-order valence-corrected chi connectivity index (χ0v) is 17.9. The molecule has 0 unspecified atom stereocenters. The van der Waals surface area contributed by atoms with Crippen molar-refractivity contribution in [3.8, 4) is 11.7 Å². The number of primary amides is 1. The van der Waals surface area contributed by atoms with Crippen molar-refractivity contribution in [2.24, 2.45) is 11.1 Å². The van der Waals surface area contributed by atoms with Gasteiger partial charge >= 0.3 is 6.18 Å². The summed E-state index contributed by atoms with van der Waals surface area (Å²) >= 11 is 0. The monoisotopic (exact) mass is 480 g/mol. The highest BCUT2D eigenvalue weighted by Crippen LogP contribution is 2.59. The number of amides is 1. The van der Waals surface area contributed by atoms with Crippen LogP contribution in [0.4, 0.5) is 13.2 Å². The number of carbonyl (C=O) groups is 1. The van der Waals surface area contributed by atoms with Crippen LogP contribution in [0.15, 0.2) is 64.6 Å². The van der Waals surface area contributed by atoms with Gasteiger partial charge in [0.05, 0.1) is 22.5 Å². The number of benzene rings is 1. The standard InChI is InChI=1S/C21H19F3N4O4S/c22-21(23,24)20(9-10-20)11-13-32-17-8-12-28(27-17)16-7-6-15(18(25)29)19(26-16)33(30,31)14-4-2-1-3-5-14/h1-8,12H,9-11,13H2,(H2,25,29). The molecule has 8 nitrogen and oxygen atoms in total. The molecule has 33 heavy (non-hydrogen) atoms. The first-order chi connectivity index (χ1) is 15.5. The fourth-order valence-corrected chi connectivity index (χ4v) is 4.76. The van der Waals surface area contributed by atoms with Crippen molar-refractivity contribution in [3.63, 3.8) is 0 Å². The summed E-state index contributed by atoms with van der Waals surface area (Å²) in [5.74, 6) is -0.855. The largest absolute Gasteiger partial charge is 0.477 e. The molecule has 0 radical (unpaired) electrons. The average molecular weight is 480 g/mol. The Labute approximate surface area is 187 Å². The van der Waals surface area contributed by atoms with E-state index < -0.39 is 32.4 Å². The summed E-state index contributed by atoms with van der Waals surface area (Å²) in [6, 6.07) is 11.4. The van der Waals surface area contributed by atoms with E-state index in [-0.39, 0.29) is 48.0 Å². The van der Waals surface area contributed by atoms with Gasteiger partial charge in [0.2, 0.25) is 15.7 Å². The van der Waals surface area contributed by atoms with Gasteiger partial charge < -0.3 is 10.5 Å². The lowest BCUT2D eigenvalue weighted by atomic mass is 10.0. The van der Waals surface area contributed by atoms with E-state index in [1.54, 1.807) is 6.07 Å². The zero-order valence-electron chi connectivity index (χ0n) is 17.1. The van der Waals surface area contributed by atoms with Gasteiger partial charge in [-0.15, -0.1) is 5.10 Å². The third-order valence-electron chi connectivity index (χ3n) is 5.50. The molecule has 0 bridgehead atoms. The molecule has 1 aliphatic carbocycles. The third kappa shape index (κ3) is 4.42. The van der Waals surface area contributed by atoms with Crippen molar-refractivity contribution in [1.82, 2.24) is 14.8 Å². The molecule has 4 rings (SSSR count). The second-order valence-corrected chi connectivity index (χ2v) is 9.54. The number of aromatic nitrogens is 3. The number of nitrogens with zero attached hydrogens (tertiary/aromatic N) is 3. The van der Waals surface area contributed by atoms with Crippen LogP contribution in [0.25, 0.3) is 5.82 Å². The Morgan fingerprint density at radius 2 is 1.82 bits per heavy atom. The highest BCUT2D eigenvalue weighted by Gasteiger charge is 2.62. The second kappa shape index (κ2) is 8.18. The lowest BCUT2D eigenvalue weighted by molar-refractivity contribution is -0.190. The van der Waals surface area contributed by atoms with E-state index in [4.69, 9.17) is 10.5 Å². The highest BCUT2D eigenvalue weighted by atomic mass is 32.2. The summed E-state index contributed by atoms with van der Waals surface area (Å²) in [6.07, 6.45) is -2.85. The van der Waals surface area contributed by atoms with Gasteiger partial charge in [0.15, 0.2) is 10.8 Å². The lowest BCUT2D eigenvalue weighted by Gasteiger charge is -2.18. The normalized spacial score (nSPS) is 15.2. The fraction of sp³-hybridized carbons (Fsp3) is 0.286. The van der Waals surface area contributed by atoms with Crippen LogP contribution in [-0.2, 0) is 9.84 Å². The first-order valence-corrected chi connectivity index (χ1v) is 11.4. The number of hydrogen-bond donors (Lipinski definition) is 1. The summed E-state index contributed by atoms with van der Waals surface area (Å²) in [5.41, 5.74) is 3.38. The molecule has 2 aromatic heterocycles. The van der Waals surface area contributed by atoms with Crippen molar-refractivity contribution in [3.05, 3.63) is 60.3 Å². The van der Waals surface area contributed by atoms with Crippen LogP contribution in [0, 0.1) is 5.41 Å². The molecule has 1 aliphatic rings. The molecule has 2 heterocycles. The number of ether oxygens (including phenoxy) is 1. The van der Waals surface area contributed by atoms with Gasteiger partial charge in [0.1, 0.15) is 0 Å². The van der Waals surface area contributed by atoms with E-state index in [1.165, 1.54) is 53.3 Å². The van der Waals surface area contributed by atoms with Crippen LogP contribution in [0.2, 0.25) is 0 Å². The van der Waals surface area contributed by atoms with Gasteiger partial charge in [0, 0.05) is 12.3 Å². The Balaban J connectivity index is 1.57. The van der Waals surface area contributed by atoms with Crippen molar-refractivity contribution < 1.29 is 31.1 Å². The van der Waals surface area contributed by atoms with Crippen LogP contribution in [-0.4, -0.2) is 41.9 Å². The topological polar surface area (TPSA) is 117 Å². The van der Waals surface area contributed by atoms with Crippen LogP contribution in [0.1, 0.15) is 29.6 Å². The van der Waals surface area contributed by atoms with E-state index in [1.807, 2.05) is 0 Å². The van der Waals surface area contributed by atoms with Gasteiger partial charge in [-0.2, -0.15) is 13.2 Å². The minimum absolute atomic E-state index is 0.0540. The quantitative estimate of drug-likeness (QED) is 0.529. The van der Waals surface area contributed by atoms with E-state index in [0.717, 1.165) is 0 Å². The maximum absolute atomic E-state index is 13.1. The first kappa shape index (κ1) is 22.8. The lowest BCUT2D eigenvalue weighted by Crippen LogP contribution is -2.26. The molecule has 0 spiro atoms. The molecule has 0 atom stereocenters. The van der Waals surface area contributed by atoms with Crippen molar-refractivity contribution in [1.29, 1.82) is 0 Å². The van der Waals surface area contributed by atoms with E-state index in [0.29, 0.717) is 0 Å². The van der Waals surface area contributed by atoms with Crippen molar-refractivity contribution in [2.45, 2.75) is 35.4 Å². The summed E-state index contributed by atoms with van der Waals surface area (Å²) in [7, 11) is -4.17. The Morgan fingerprint density at radius 3 is 2.42 bits per heavy atom. The number of alkyl halides is 3. The average Bonchev–Trinajstić information content (AvgIpc) is 3.44. The van der Waals surface area contributed by atoms with Gasteiger partial charge in [0.25, 0.3) is 5.91 Å². The highest BCUT2D eigenvalue weighted by molar-refractivity contribution is 7.91. The number of hydrogen-bond acceptors (Lipinski definition) is 6. The minimum Gasteiger partial charge on any atom is -0.477 e. The SMILES string of the molecule is NC(=O)c1ccc(-n2ccc(OCCC3(C(F)(F)F)CC3)n2)nc1S(=O)(=O)c1ccccc1. The molecule has 2 N–H and O–H groups in total. The predicted octanol–water partition coefficient (Wildman–Crippen LogP) is 3.31. The Hall–Kier alpha value is -3.41. The van der Waals surface area contributed by atoms with Gasteiger partial charge in [-0.25, -0.2) is 18.1 Å². The summed E-state index contributed by atoms with van der Waals surface area (Å²) in [5, 5.41) is 3.56. The Bertz CT molecular complexity index is 1290. The van der Waals surface area contributed by atoms with Crippen LogP contribution < -0.4 is 10.5 Å². The van der Waals surface area contributed by atoms with Crippen molar-refractivity contribution >= 4 is 15.7 Å². The second-order valence-electron chi connectivity index (χ2n) is 7.68. The zero-order chi connectivity index (χ0) is 23.9. The maximum atomic E-state index is 13.1. The van der Waals surface area contributed by atoms with Gasteiger partial charge in [-0.3, -0.25) is 4.79 Å². The molecule has 1 fully saturated rings. The first-order valence-electron chi connectivity index (χ1n) is 9.90. The van der Waals surface area contributed by atoms with Crippen LogP contribution >= 0.6 is 0 Å². The summed E-state index contributed by atoms with van der Waals surface area (Å²) in [4.78, 5) is 15.8. The maximum Gasteiger partial charge on any atom is 0.394 e. The molecule has 3 aromatic rings. The van der Waals surface area contributed by atoms with E-state index >= 15 is 0 Å². The Morgan fingerprint density at radius 1 is 1.12 bits per heavy atom. The van der Waals surface area contributed by atoms with Crippen molar-refractivity contribution in [2.75, 3.05) is 6.61 Å². The molecule has 0 aliphatic heterocycles. The molecule has 174 valence electrons. The number of carbonyl (C=O) groups excluding carboxylic acids is 1. The van der Waals surface area contributed by atoms with Crippen LogP contribution in [0.3, 0.4) is 0 Å². The Kier molecular flexibility index (Phi) is 5.64. The predicted molar refractivity (Wildman–Crippen MR) is 110 cm³/mol. The van der Waals surface area contributed by atoms with Gasteiger partial charge in [-0.05, 0) is 43.5 Å². The fourth-order valence-electron chi connectivity index (χ4n) is 3.35. The molecule has 1 saturated carbocycles. The molecular formula is C21H19F3N4O4S.